The normalized spacial score (nSPS) is 13.5. The van der Waals surface area contributed by atoms with Gasteiger partial charge in [-0.05, 0) is 6.92 Å². The Bertz CT molecular complexity index is 134. The standard InChI is InChI=1S/C6H12N2O2/c1-5(9)7-4-8-6(2)10-3/h4,6H,1-3H3,(H,7,8,9). The van der Waals surface area contributed by atoms with Gasteiger partial charge in [0.2, 0.25) is 5.91 Å². The summed E-state index contributed by atoms with van der Waals surface area (Å²) < 4.78 is 4.78. The first-order valence-corrected chi connectivity index (χ1v) is 2.98. The Labute approximate surface area is 60.3 Å². The number of nitrogens with zero attached hydrogens (tertiary/aromatic N) is 1. The zero-order valence-electron chi connectivity index (χ0n) is 6.42. The summed E-state index contributed by atoms with van der Waals surface area (Å²) in [5.41, 5.74) is 0. The fraction of sp³-hybridized carbons (Fsp3) is 0.667. The number of carbonyl (C=O) groups is 1. The van der Waals surface area contributed by atoms with Crippen molar-refractivity contribution in [3.8, 4) is 0 Å². The molecule has 4 heteroatoms. The van der Waals surface area contributed by atoms with Gasteiger partial charge in [-0.1, -0.05) is 0 Å². The summed E-state index contributed by atoms with van der Waals surface area (Å²) in [6, 6.07) is 0. The van der Waals surface area contributed by atoms with E-state index in [0.717, 1.165) is 0 Å². The minimum atomic E-state index is -0.202. The zero-order valence-corrected chi connectivity index (χ0v) is 6.42. The van der Waals surface area contributed by atoms with Gasteiger partial charge in [-0.25, -0.2) is 4.99 Å². The second-order valence-corrected chi connectivity index (χ2v) is 1.81. The molecule has 1 unspecified atom stereocenters. The Balaban J connectivity index is 3.45. The molecule has 0 radical (unpaired) electrons. The predicted molar refractivity (Wildman–Crippen MR) is 38.8 cm³/mol. The lowest BCUT2D eigenvalue weighted by atomic mass is 10.7. The highest BCUT2D eigenvalue weighted by molar-refractivity contribution is 5.85. The first-order valence-electron chi connectivity index (χ1n) is 2.98. The molecule has 0 aromatic rings. The van der Waals surface area contributed by atoms with Crippen LogP contribution in [0.5, 0.6) is 0 Å². The van der Waals surface area contributed by atoms with E-state index in [1.807, 2.05) is 0 Å². The van der Waals surface area contributed by atoms with E-state index in [1.54, 1.807) is 14.0 Å². The van der Waals surface area contributed by atoms with Crippen molar-refractivity contribution in [2.24, 2.45) is 4.99 Å². The Morgan fingerprint density at radius 2 is 2.40 bits per heavy atom. The van der Waals surface area contributed by atoms with Crippen LogP contribution in [0.1, 0.15) is 13.8 Å². The number of aliphatic imine (C=N–C) groups is 1. The van der Waals surface area contributed by atoms with Crippen LogP contribution in [0.4, 0.5) is 0 Å². The molecule has 0 saturated heterocycles. The summed E-state index contributed by atoms with van der Waals surface area (Å²) in [7, 11) is 1.55. The molecule has 0 fully saturated rings. The molecule has 0 aliphatic carbocycles. The van der Waals surface area contributed by atoms with Gasteiger partial charge in [-0.2, -0.15) is 0 Å². The van der Waals surface area contributed by atoms with Gasteiger partial charge in [0, 0.05) is 14.0 Å². The molecule has 0 bridgehead atoms. The van der Waals surface area contributed by atoms with E-state index in [1.165, 1.54) is 13.3 Å². The molecule has 0 aliphatic rings. The number of amides is 1. The number of rotatable bonds is 3. The van der Waals surface area contributed by atoms with Crippen molar-refractivity contribution in [2.45, 2.75) is 20.1 Å². The minimum absolute atomic E-state index is 0.132. The first kappa shape index (κ1) is 9.10. The van der Waals surface area contributed by atoms with Gasteiger partial charge >= 0.3 is 0 Å². The van der Waals surface area contributed by atoms with Gasteiger partial charge in [0.1, 0.15) is 6.23 Å². The molecule has 58 valence electrons. The molecule has 4 nitrogen and oxygen atoms in total. The SMILES string of the molecule is COC(C)/N=C\NC(C)=O. The van der Waals surface area contributed by atoms with Gasteiger partial charge in [-0.15, -0.1) is 0 Å². The molecule has 0 aliphatic heterocycles. The van der Waals surface area contributed by atoms with Crippen LogP contribution in [0.2, 0.25) is 0 Å². The van der Waals surface area contributed by atoms with Gasteiger partial charge in [0.25, 0.3) is 0 Å². The molecule has 1 atom stereocenters. The highest BCUT2D eigenvalue weighted by atomic mass is 16.5. The molecule has 10 heavy (non-hydrogen) atoms. The van der Waals surface area contributed by atoms with Crippen LogP contribution in [-0.4, -0.2) is 25.6 Å². The molecule has 0 saturated carbocycles. The van der Waals surface area contributed by atoms with Crippen LogP contribution in [0.15, 0.2) is 4.99 Å². The zero-order chi connectivity index (χ0) is 7.98. The highest BCUT2D eigenvalue weighted by Gasteiger charge is 1.90. The first-order chi connectivity index (χ1) is 4.66. The van der Waals surface area contributed by atoms with Crippen molar-refractivity contribution in [3.05, 3.63) is 0 Å². The monoisotopic (exact) mass is 144 g/mol. The maximum absolute atomic E-state index is 10.3. The van der Waals surface area contributed by atoms with Crippen LogP contribution in [0, 0.1) is 0 Å². The van der Waals surface area contributed by atoms with E-state index in [0.29, 0.717) is 0 Å². The molecule has 0 heterocycles. The third kappa shape index (κ3) is 5.24. The fourth-order valence-electron chi connectivity index (χ4n) is 0.294. The second kappa shape index (κ2) is 4.93. The second-order valence-electron chi connectivity index (χ2n) is 1.81. The molecule has 0 aromatic carbocycles. The molecule has 0 spiro atoms. The number of nitrogens with one attached hydrogen (secondary N) is 1. The Morgan fingerprint density at radius 1 is 1.80 bits per heavy atom. The maximum atomic E-state index is 10.3. The summed E-state index contributed by atoms with van der Waals surface area (Å²) in [5.74, 6) is -0.132. The van der Waals surface area contributed by atoms with Crippen LogP contribution >= 0.6 is 0 Å². The van der Waals surface area contributed by atoms with E-state index in [2.05, 4.69) is 10.3 Å². The lowest BCUT2D eigenvalue weighted by Crippen LogP contribution is -2.18. The van der Waals surface area contributed by atoms with E-state index < -0.39 is 0 Å². The summed E-state index contributed by atoms with van der Waals surface area (Å²) in [5, 5.41) is 2.40. The maximum Gasteiger partial charge on any atom is 0.221 e. The third-order valence-electron chi connectivity index (χ3n) is 0.893. The summed E-state index contributed by atoms with van der Waals surface area (Å²) >= 11 is 0. The fourth-order valence-corrected chi connectivity index (χ4v) is 0.294. The van der Waals surface area contributed by atoms with E-state index in [4.69, 9.17) is 4.74 Å². The third-order valence-corrected chi connectivity index (χ3v) is 0.893. The van der Waals surface area contributed by atoms with Crippen molar-refractivity contribution in [1.82, 2.24) is 5.32 Å². The van der Waals surface area contributed by atoms with Crippen LogP contribution < -0.4 is 5.32 Å². The number of methoxy groups -OCH3 is 1. The molecule has 0 aromatic heterocycles. The van der Waals surface area contributed by atoms with Crippen LogP contribution in [0.25, 0.3) is 0 Å². The molecule has 1 N–H and O–H groups in total. The number of carbonyl (C=O) groups excluding carboxylic acids is 1. The predicted octanol–water partition coefficient (Wildman–Crippen LogP) is 0.143. The number of hydrogen-bond donors (Lipinski definition) is 1. The van der Waals surface area contributed by atoms with Crippen molar-refractivity contribution in [1.29, 1.82) is 0 Å². The summed E-state index contributed by atoms with van der Waals surface area (Å²) in [6.07, 6.45) is 1.13. The highest BCUT2D eigenvalue weighted by Crippen LogP contribution is 1.84. The van der Waals surface area contributed by atoms with Crippen molar-refractivity contribution >= 4 is 12.2 Å². The van der Waals surface area contributed by atoms with Crippen molar-refractivity contribution in [2.75, 3.05) is 7.11 Å². The lowest BCUT2D eigenvalue weighted by Gasteiger charge is -2.00. The average Bonchev–Trinajstić information content (AvgIpc) is 1.87. The van der Waals surface area contributed by atoms with E-state index in [-0.39, 0.29) is 12.1 Å². The largest absolute Gasteiger partial charge is 0.360 e. The number of ether oxygens (including phenoxy) is 1. The minimum Gasteiger partial charge on any atom is -0.360 e. The Morgan fingerprint density at radius 3 is 2.80 bits per heavy atom. The smallest absolute Gasteiger partial charge is 0.221 e. The van der Waals surface area contributed by atoms with Gasteiger partial charge < -0.3 is 10.1 Å². The Kier molecular flexibility index (Phi) is 4.49. The molecular weight excluding hydrogens is 132 g/mol. The summed E-state index contributed by atoms with van der Waals surface area (Å²) in [4.78, 5) is 14.1. The number of hydrogen-bond acceptors (Lipinski definition) is 3. The van der Waals surface area contributed by atoms with Crippen LogP contribution in [-0.2, 0) is 9.53 Å². The molecular formula is C6H12N2O2. The quantitative estimate of drug-likeness (QED) is 0.452. The van der Waals surface area contributed by atoms with Gasteiger partial charge in [0.15, 0.2) is 0 Å². The van der Waals surface area contributed by atoms with E-state index >= 15 is 0 Å². The lowest BCUT2D eigenvalue weighted by molar-refractivity contribution is -0.117. The van der Waals surface area contributed by atoms with Crippen molar-refractivity contribution < 1.29 is 9.53 Å². The van der Waals surface area contributed by atoms with Gasteiger partial charge in [0.05, 0.1) is 6.34 Å². The topological polar surface area (TPSA) is 50.7 Å². The van der Waals surface area contributed by atoms with E-state index in [9.17, 15) is 4.79 Å². The van der Waals surface area contributed by atoms with Crippen molar-refractivity contribution in [3.63, 3.8) is 0 Å². The molecule has 1 amide bonds. The Hall–Kier alpha value is -0.900. The molecule has 0 rings (SSSR count). The van der Waals surface area contributed by atoms with Gasteiger partial charge in [-0.3, -0.25) is 4.79 Å². The average molecular weight is 144 g/mol. The van der Waals surface area contributed by atoms with Crippen LogP contribution in [0.3, 0.4) is 0 Å². The summed E-state index contributed by atoms with van der Waals surface area (Å²) in [6.45, 7) is 3.20.